The summed E-state index contributed by atoms with van der Waals surface area (Å²) < 4.78 is 10.9. The first-order valence-corrected chi connectivity index (χ1v) is 9.09. The number of nitrogens with one attached hydrogen (secondary N) is 1. The number of hydroxylamine groups is 1. The molecule has 0 aromatic rings. The van der Waals surface area contributed by atoms with Gasteiger partial charge < -0.3 is 9.47 Å². The molecular formula is C19H33NO3S. The Labute approximate surface area is 152 Å². The van der Waals surface area contributed by atoms with Gasteiger partial charge in [-0.2, -0.15) is 12.6 Å². The van der Waals surface area contributed by atoms with Crippen molar-refractivity contribution >= 4 is 12.6 Å². The minimum atomic E-state index is -0.487. The molecule has 0 amide bonds. The van der Waals surface area contributed by atoms with Crippen molar-refractivity contribution in [1.29, 1.82) is 0 Å². The van der Waals surface area contributed by atoms with Crippen LogP contribution in [0, 0.1) is 0 Å². The van der Waals surface area contributed by atoms with Crippen molar-refractivity contribution in [3.05, 3.63) is 36.3 Å². The van der Waals surface area contributed by atoms with E-state index in [4.69, 9.17) is 14.3 Å². The molecule has 5 heteroatoms. The third-order valence-corrected chi connectivity index (χ3v) is 4.78. The van der Waals surface area contributed by atoms with Crippen LogP contribution >= 0.6 is 12.6 Å². The predicted octanol–water partition coefficient (Wildman–Crippen LogP) is 4.55. The number of thiol groups is 1. The van der Waals surface area contributed by atoms with Gasteiger partial charge in [0.1, 0.15) is 23.2 Å². The first-order chi connectivity index (χ1) is 11.2. The monoisotopic (exact) mass is 355 g/mol. The summed E-state index contributed by atoms with van der Waals surface area (Å²) in [5, 5.41) is 0. The summed E-state index contributed by atoms with van der Waals surface area (Å²) in [5.74, 6) is 0.555. The van der Waals surface area contributed by atoms with Crippen molar-refractivity contribution in [2.45, 2.75) is 70.3 Å². The molecule has 1 unspecified atom stereocenters. The standard InChI is InChI=1S/C19H33NO3S/c1-7-8-9-10-11-17(15(2)22-16-12-13-21-14-16)20-23-18(3,4)19(5,6)24/h9-11,16,20,24H,2,7-8,12-14H2,1,3-6H3/b10-9-,17-11+. The van der Waals surface area contributed by atoms with Crippen molar-refractivity contribution in [3.63, 3.8) is 0 Å². The van der Waals surface area contributed by atoms with Gasteiger partial charge in [-0.15, -0.1) is 0 Å². The molecular weight excluding hydrogens is 322 g/mol. The van der Waals surface area contributed by atoms with Crippen LogP contribution in [0.5, 0.6) is 0 Å². The maximum absolute atomic E-state index is 5.90. The van der Waals surface area contributed by atoms with E-state index in [9.17, 15) is 0 Å². The highest BCUT2D eigenvalue weighted by atomic mass is 32.1. The van der Waals surface area contributed by atoms with Gasteiger partial charge >= 0.3 is 0 Å². The zero-order valence-electron chi connectivity index (χ0n) is 15.7. The molecule has 0 aromatic heterocycles. The van der Waals surface area contributed by atoms with Gasteiger partial charge in [0.2, 0.25) is 0 Å². The first kappa shape index (κ1) is 21.1. The van der Waals surface area contributed by atoms with Crippen LogP contribution < -0.4 is 5.48 Å². The van der Waals surface area contributed by atoms with Crippen molar-refractivity contribution in [2.24, 2.45) is 0 Å². The van der Waals surface area contributed by atoms with E-state index in [1.54, 1.807) is 0 Å². The van der Waals surface area contributed by atoms with Gasteiger partial charge in [-0.25, -0.2) is 0 Å². The third kappa shape index (κ3) is 6.91. The number of unbranched alkanes of at least 4 members (excludes halogenated alkanes) is 1. The van der Waals surface area contributed by atoms with Gasteiger partial charge in [0.05, 0.1) is 13.2 Å². The van der Waals surface area contributed by atoms with Crippen molar-refractivity contribution < 1.29 is 14.3 Å². The summed E-state index contributed by atoms with van der Waals surface area (Å²) in [7, 11) is 0. The van der Waals surface area contributed by atoms with E-state index in [1.807, 2.05) is 39.8 Å². The fraction of sp³-hybridized carbons (Fsp3) is 0.684. The maximum Gasteiger partial charge on any atom is 0.138 e. The number of hydrogen-bond donors (Lipinski definition) is 2. The molecule has 138 valence electrons. The third-order valence-electron chi connectivity index (χ3n) is 4.24. The Kier molecular flexibility index (Phi) is 8.40. The highest BCUT2D eigenvalue weighted by Gasteiger charge is 2.36. The largest absolute Gasteiger partial charge is 0.486 e. The average molecular weight is 356 g/mol. The second-order valence-electron chi connectivity index (χ2n) is 7.10. The van der Waals surface area contributed by atoms with E-state index in [1.165, 1.54) is 0 Å². The molecule has 4 nitrogen and oxygen atoms in total. The Morgan fingerprint density at radius 2 is 2.08 bits per heavy atom. The van der Waals surface area contributed by atoms with Gasteiger partial charge in [-0.3, -0.25) is 10.3 Å². The zero-order chi connectivity index (χ0) is 18.2. The summed E-state index contributed by atoms with van der Waals surface area (Å²) in [6, 6.07) is 0. The Hall–Kier alpha value is -0.910. The lowest BCUT2D eigenvalue weighted by molar-refractivity contribution is -0.0886. The van der Waals surface area contributed by atoms with Crippen LogP contribution in [0.15, 0.2) is 36.3 Å². The van der Waals surface area contributed by atoms with Gasteiger partial charge in [0, 0.05) is 11.2 Å². The van der Waals surface area contributed by atoms with Gasteiger partial charge in [-0.1, -0.05) is 32.1 Å². The minimum Gasteiger partial charge on any atom is -0.486 e. The van der Waals surface area contributed by atoms with Crippen LogP contribution in [0.25, 0.3) is 0 Å². The average Bonchev–Trinajstić information content (AvgIpc) is 2.98. The van der Waals surface area contributed by atoms with Crippen molar-refractivity contribution in [3.8, 4) is 0 Å². The summed E-state index contributed by atoms with van der Waals surface area (Å²) in [6.07, 6.45) is 9.11. The first-order valence-electron chi connectivity index (χ1n) is 8.64. The Balaban J connectivity index is 2.75. The van der Waals surface area contributed by atoms with E-state index >= 15 is 0 Å². The molecule has 1 N–H and O–H groups in total. The quantitative estimate of drug-likeness (QED) is 0.261. The SMILES string of the molecule is C=C(OC1CCOC1)/C(=C\C=C/CCC)NOC(C)(C)C(C)(C)S. The highest BCUT2D eigenvalue weighted by Crippen LogP contribution is 2.30. The number of ether oxygens (including phenoxy) is 2. The van der Waals surface area contributed by atoms with E-state index in [2.05, 4.69) is 37.7 Å². The smallest absolute Gasteiger partial charge is 0.138 e. The summed E-state index contributed by atoms with van der Waals surface area (Å²) >= 11 is 4.61. The molecule has 1 aliphatic heterocycles. The summed E-state index contributed by atoms with van der Waals surface area (Å²) in [6.45, 7) is 15.5. The number of rotatable bonds is 10. The molecule has 0 bridgehead atoms. The van der Waals surface area contributed by atoms with Crippen molar-refractivity contribution in [1.82, 2.24) is 5.48 Å². The second kappa shape index (κ2) is 9.54. The fourth-order valence-electron chi connectivity index (χ4n) is 1.79. The molecule has 24 heavy (non-hydrogen) atoms. The Morgan fingerprint density at radius 3 is 2.62 bits per heavy atom. The molecule has 0 aliphatic carbocycles. The van der Waals surface area contributed by atoms with E-state index < -0.39 is 5.60 Å². The molecule has 0 radical (unpaired) electrons. The van der Waals surface area contributed by atoms with Crippen LogP contribution in [-0.4, -0.2) is 29.7 Å². The number of allylic oxidation sites excluding steroid dienone is 3. The molecule has 0 saturated carbocycles. The molecule has 1 heterocycles. The normalized spacial score (nSPS) is 19.8. The zero-order valence-corrected chi connectivity index (χ0v) is 16.6. The van der Waals surface area contributed by atoms with Crippen LogP contribution in [0.4, 0.5) is 0 Å². The molecule has 1 rings (SSSR count). The molecule has 1 atom stereocenters. The van der Waals surface area contributed by atoms with E-state index in [-0.39, 0.29) is 10.9 Å². The Morgan fingerprint density at radius 1 is 1.38 bits per heavy atom. The molecule has 1 fully saturated rings. The Bertz CT molecular complexity index is 458. The summed E-state index contributed by atoms with van der Waals surface area (Å²) in [4.78, 5) is 5.90. The van der Waals surface area contributed by atoms with Gasteiger partial charge in [0.15, 0.2) is 0 Å². The lowest BCUT2D eigenvalue weighted by atomic mass is 9.94. The molecule has 0 spiro atoms. The second-order valence-corrected chi connectivity index (χ2v) is 8.22. The fourth-order valence-corrected chi connectivity index (χ4v) is 1.83. The number of hydrogen-bond acceptors (Lipinski definition) is 5. The lowest BCUT2D eigenvalue weighted by Gasteiger charge is -2.37. The van der Waals surface area contributed by atoms with Crippen LogP contribution in [0.3, 0.4) is 0 Å². The van der Waals surface area contributed by atoms with E-state index in [0.29, 0.717) is 18.1 Å². The lowest BCUT2D eigenvalue weighted by Crippen LogP contribution is -2.46. The maximum atomic E-state index is 5.90. The van der Waals surface area contributed by atoms with E-state index in [0.717, 1.165) is 25.9 Å². The summed E-state index contributed by atoms with van der Waals surface area (Å²) in [5.41, 5.74) is 3.23. The highest BCUT2D eigenvalue weighted by molar-refractivity contribution is 7.81. The molecule has 1 aliphatic rings. The minimum absolute atomic E-state index is 0.0525. The van der Waals surface area contributed by atoms with Crippen LogP contribution in [0.1, 0.15) is 53.9 Å². The molecule has 0 aromatic carbocycles. The van der Waals surface area contributed by atoms with Gasteiger partial charge in [-0.05, 0) is 40.2 Å². The molecule has 1 saturated heterocycles. The van der Waals surface area contributed by atoms with Crippen molar-refractivity contribution in [2.75, 3.05) is 13.2 Å². The topological polar surface area (TPSA) is 39.7 Å². The predicted molar refractivity (Wildman–Crippen MR) is 103 cm³/mol. The van der Waals surface area contributed by atoms with Gasteiger partial charge in [0.25, 0.3) is 0 Å². The van der Waals surface area contributed by atoms with Crippen LogP contribution in [0.2, 0.25) is 0 Å². The van der Waals surface area contributed by atoms with Crippen LogP contribution in [-0.2, 0) is 14.3 Å².